The highest BCUT2D eigenvalue weighted by atomic mass is 32.1. The van der Waals surface area contributed by atoms with Gasteiger partial charge in [0.2, 0.25) is 10.1 Å². The second-order valence-electron chi connectivity index (χ2n) is 6.80. The standard InChI is InChI=1S/C19H22FN5OS/c1-2-5-14-12-17(26)25-18(22-14)27-19(23-25)24-10-8-13(9-11-24)21-16-7-4-3-6-15(16)20/h3-4,6-7,12-13,21H,2,5,8-11H2,1H3. The highest BCUT2D eigenvalue weighted by Crippen LogP contribution is 2.26. The van der Waals surface area contributed by atoms with Gasteiger partial charge in [-0.25, -0.2) is 9.37 Å². The summed E-state index contributed by atoms with van der Waals surface area (Å²) in [4.78, 5) is 19.6. The van der Waals surface area contributed by atoms with Crippen molar-refractivity contribution in [2.24, 2.45) is 0 Å². The fourth-order valence-electron chi connectivity index (χ4n) is 3.37. The van der Waals surface area contributed by atoms with Crippen LogP contribution in [-0.4, -0.2) is 33.7 Å². The summed E-state index contributed by atoms with van der Waals surface area (Å²) < 4.78 is 15.2. The van der Waals surface area contributed by atoms with Gasteiger partial charge in [0.1, 0.15) is 5.82 Å². The molecule has 2 aromatic heterocycles. The molecule has 3 heterocycles. The first-order chi connectivity index (χ1) is 13.1. The summed E-state index contributed by atoms with van der Waals surface area (Å²) in [6, 6.07) is 8.56. The fourth-order valence-corrected chi connectivity index (χ4v) is 4.35. The topological polar surface area (TPSA) is 62.5 Å². The maximum atomic E-state index is 13.8. The first kappa shape index (κ1) is 17.9. The van der Waals surface area contributed by atoms with Crippen molar-refractivity contribution >= 4 is 27.1 Å². The number of halogens is 1. The number of rotatable bonds is 5. The van der Waals surface area contributed by atoms with Crippen LogP contribution in [0.2, 0.25) is 0 Å². The Bertz CT molecular complexity index is 993. The van der Waals surface area contributed by atoms with E-state index in [1.807, 2.05) is 6.07 Å². The van der Waals surface area contributed by atoms with E-state index in [-0.39, 0.29) is 17.4 Å². The van der Waals surface area contributed by atoms with E-state index in [1.54, 1.807) is 18.2 Å². The number of para-hydroxylation sites is 1. The predicted molar refractivity (Wildman–Crippen MR) is 106 cm³/mol. The van der Waals surface area contributed by atoms with Crippen LogP contribution in [0.4, 0.5) is 15.2 Å². The molecule has 3 aromatic rings. The minimum absolute atomic E-state index is 0.123. The van der Waals surface area contributed by atoms with Crippen molar-refractivity contribution in [2.45, 2.75) is 38.6 Å². The summed E-state index contributed by atoms with van der Waals surface area (Å²) in [6.07, 6.45) is 3.52. The molecule has 0 saturated carbocycles. The Morgan fingerprint density at radius 2 is 2.07 bits per heavy atom. The normalized spacial score (nSPS) is 15.4. The third-order valence-electron chi connectivity index (χ3n) is 4.79. The lowest BCUT2D eigenvalue weighted by molar-refractivity contribution is 0.520. The number of aryl methyl sites for hydroxylation is 1. The first-order valence-corrected chi connectivity index (χ1v) is 10.1. The zero-order valence-electron chi connectivity index (χ0n) is 15.2. The summed E-state index contributed by atoms with van der Waals surface area (Å²) >= 11 is 1.45. The molecule has 1 aliphatic rings. The Labute approximate surface area is 160 Å². The summed E-state index contributed by atoms with van der Waals surface area (Å²) in [5.74, 6) is -0.223. The number of fused-ring (bicyclic) bond motifs is 1. The van der Waals surface area contributed by atoms with Gasteiger partial charge < -0.3 is 10.2 Å². The highest BCUT2D eigenvalue weighted by molar-refractivity contribution is 7.20. The Morgan fingerprint density at radius 1 is 1.30 bits per heavy atom. The maximum Gasteiger partial charge on any atom is 0.275 e. The van der Waals surface area contributed by atoms with Crippen molar-refractivity contribution in [1.29, 1.82) is 0 Å². The van der Waals surface area contributed by atoms with Crippen LogP contribution >= 0.6 is 11.3 Å². The molecular formula is C19H22FN5OS. The lowest BCUT2D eigenvalue weighted by Crippen LogP contribution is -2.39. The fraction of sp³-hybridized carbons (Fsp3) is 0.421. The van der Waals surface area contributed by atoms with Crippen LogP contribution in [0.5, 0.6) is 0 Å². The van der Waals surface area contributed by atoms with Gasteiger partial charge in [-0.05, 0) is 31.4 Å². The molecule has 0 radical (unpaired) electrons. The second-order valence-corrected chi connectivity index (χ2v) is 7.73. The Morgan fingerprint density at radius 3 is 2.81 bits per heavy atom. The van der Waals surface area contributed by atoms with Crippen molar-refractivity contribution in [1.82, 2.24) is 14.6 Å². The molecule has 4 rings (SSSR count). The molecule has 27 heavy (non-hydrogen) atoms. The van der Waals surface area contributed by atoms with Crippen molar-refractivity contribution in [3.63, 3.8) is 0 Å². The van der Waals surface area contributed by atoms with Crippen molar-refractivity contribution in [3.05, 3.63) is 52.2 Å². The molecule has 1 saturated heterocycles. The van der Waals surface area contributed by atoms with Crippen LogP contribution in [0, 0.1) is 5.82 Å². The first-order valence-electron chi connectivity index (χ1n) is 9.30. The van der Waals surface area contributed by atoms with Crippen LogP contribution in [-0.2, 0) is 6.42 Å². The predicted octanol–water partition coefficient (Wildman–Crippen LogP) is 3.32. The molecule has 1 aliphatic heterocycles. The van der Waals surface area contributed by atoms with E-state index in [1.165, 1.54) is 21.9 Å². The average Bonchev–Trinajstić information content (AvgIpc) is 3.09. The molecule has 0 bridgehead atoms. The molecule has 0 atom stereocenters. The van der Waals surface area contributed by atoms with E-state index in [9.17, 15) is 9.18 Å². The number of piperidine rings is 1. The highest BCUT2D eigenvalue weighted by Gasteiger charge is 2.23. The number of nitrogens with one attached hydrogen (secondary N) is 1. The van der Waals surface area contributed by atoms with E-state index < -0.39 is 0 Å². The number of anilines is 2. The molecule has 8 heteroatoms. The average molecular weight is 387 g/mol. The largest absolute Gasteiger partial charge is 0.380 e. The lowest BCUT2D eigenvalue weighted by atomic mass is 10.1. The Hall–Kier alpha value is -2.48. The number of benzene rings is 1. The van der Waals surface area contributed by atoms with Crippen LogP contribution in [0.1, 0.15) is 31.9 Å². The number of nitrogens with zero attached hydrogens (tertiary/aromatic N) is 4. The summed E-state index contributed by atoms with van der Waals surface area (Å²) in [6.45, 7) is 3.69. The molecule has 0 unspecified atom stereocenters. The Kier molecular flexibility index (Phi) is 5.07. The van der Waals surface area contributed by atoms with Gasteiger partial charge >= 0.3 is 0 Å². The number of hydrogen-bond donors (Lipinski definition) is 1. The zero-order valence-corrected chi connectivity index (χ0v) is 16.0. The lowest BCUT2D eigenvalue weighted by Gasteiger charge is -2.32. The van der Waals surface area contributed by atoms with Crippen molar-refractivity contribution < 1.29 is 4.39 Å². The van der Waals surface area contributed by atoms with E-state index in [2.05, 4.69) is 27.2 Å². The molecular weight excluding hydrogens is 365 g/mol. The van der Waals surface area contributed by atoms with Gasteiger partial charge in [0, 0.05) is 30.9 Å². The van der Waals surface area contributed by atoms with Crippen LogP contribution in [0.3, 0.4) is 0 Å². The van der Waals surface area contributed by atoms with E-state index in [0.717, 1.165) is 49.6 Å². The SMILES string of the molecule is CCCc1cc(=O)n2nc(N3CCC(Nc4ccccc4F)CC3)sc2n1. The third kappa shape index (κ3) is 3.80. The van der Waals surface area contributed by atoms with E-state index in [4.69, 9.17) is 0 Å². The van der Waals surface area contributed by atoms with E-state index >= 15 is 0 Å². The number of aromatic nitrogens is 3. The van der Waals surface area contributed by atoms with Gasteiger partial charge in [0.15, 0.2) is 0 Å². The van der Waals surface area contributed by atoms with E-state index in [0.29, 0.717) is 10.6 Å². The molecule has 0 amide bonds. The summed E-state index contributed by atoms with van der Waals surface area (Å²) in [7, 11) is 0. The Balaban J connectivity index is 1.45. The quantitative estimate of drug-likeness (QED) is 0.728. The molecule has 1 fully saturated rings. The molecule has 142 valence electrons. The monoisotopic (exact) mass is 387 g/mol. The molecule has 0 spiro atoms. The van der Waals surface area contributed by atoms with Crippen LogP contribution in [0.15, 0.2) is 35.1 Å². The summed E-state index contributed by atoms with van der Waals surface area (Å²) in [5.41, 5.74) is 1.25. The third-order valence-corrected chi connectivity index (χ3v) is 5.76. The van der Waals surface area contributed by atoms with Crippen LogP contribution < -0.4 is 15.8 Å². The smallest absolute Gasteiger partial charge is 0.275 e. The van der Waals surface area contributed by atoms with Gasteiger partial charge in [-0.1, -0.05) is 36.8 Å². The van der Waals surface area contributed by atoms with Gasteiger partial charge in [0.25, 0.3) is 5.56 Å². The van der Waals surface area contributed by atoms with Gasteiger partial charge in [-0.3, -0.25) is 4.79 Å². The van der Waals surface area contributed by atoms with Gasteiger partial charge in [-0.15, -0.1) is 5.10 Å². The zero-order chi connectivity index (χ0) is 18.8. The van der Waals surface area contributed by atoms with Gasteiger partial charge in [-0.2, -0.15) is 4.52 Å². The second kappa shape index (κ2) is 7.64. The van der Waals surface area contributed by atoms with Crippen LogP contribution in [0.25, 0.3) is 4.96 Å². The number of hydrogen-bond acceptors (Lipinski definition) is 6. The van der Waals surface area contributed by atoms with Crippen molar-refractivity contribution in [2.75, 3.05) is 23.3 Å². The summed E-state index contributed by atoms with van der Waals surface area (Å²) in [5, 5.41) is 8.58. The maximum absolute atomic E-state index is 13.8. The minimum atomic E-state index is -0.223. The molecule has 6 nitrogen and oxygen atoms in total. The molecule has 1 aromatic carbocycles. The van der Waals surface area contributed by atoms with Crippen molar-refractivity contribution in [3.8, 4) is 0 Å². The molecule has 0 aliphatic carbocycles. The minimum Gasteiger partial charge on any atom is -0.380 e. The van der Waals surface area contributed by atoms with Gasteiger partial charge in [0.05, 0.1) is 5.69 Å². The molecule has 1 N–H and O–H groups in total.